The number of rotatable bonds is 5. The fourth-order valence-electron chi connectivity index (χ4n) is 1.01. The maximum Gasteiger partial charge on any atom is 0.0964 e. The average molecular weight is 178 g/mol. The van der Waals surface area contributed by atoms with Crippen LogP contribution in [0.5, 0.6) is 0 Å². The molecule has 0 aromatic carbocycles. The molecule has 0 aliphatic rings. The van der Waals surface area contributed by atoms with Gasteiger partial charge in [0.25, 0.3) is 0 Å². The molecule has 1 aromatic heterocycles. The van der Waals surface area contributed by atoms with Gasteiger partial charge in [0.05, 0.1) is 5.69 Å². The maximum atomic E-state index is 5.12. The molecule has 1 N–H and O–H groups in total. The summed E-state index contributed by atoms with van der Waals surface area (Å²) in [6.45, 7) is 1.69. The number of aryl methyl sites for hydroxylation is 1. The van der Waals surface area contributed by atoms with Gasteiger partial charge in [0.15, 0.2) is 0 Å². The van der Waals surface area contributed by atoms with Crippen molar-refractivity contribution in [3.8, 4) is 12.3 Å². The van der Waals surface area contributed by atoms with E-state index in [1.54, 1.807) is 4.68 Å². The van der Waals surface area contributed by atoms with Crippen LogP contribution in [0.2, 0.25) is 0 Å². The summed E-state index contributed by atoms with van der Waals surface area (Å²) >= 11 is 0. The van der Waals surface area contributed by atoms with Crippen molar-refractivity contribution in [3.05, 3.63) is 11.9 Å². The van der Waals surface area contributed by atoms with Crippen molar-refractivity contribution in [1.82, 2.24) is 20.3 Å². The molecular weight excluding hydrogens is 164 g/mol. The molecule has 1 heterocycles. The van der Waals surface area contributed by atoms with Crippen LogP contribution < -0.4 is 5.32 Å². The Labute approximate surface area is 78.3 Å². The second kappa shape index (κ2) is 5.33. The highest BCUT2D eigenvalue weighted by Gasteiger charge is 1.95. The zero-order valence-corrected chi connectivity index (χ0v) is 7.82. The summed E-state index contributed by atoms with van der Waals surface area (Å²) in [7, 11) is 1.86. The van der Waals surface area contributed by atoms with Gasteiger partial charge < -0.3 is 5.32 Å². The van der Waals surface area contributed by atoms with Crippen LogP contribution in [0.3, 0.4) is 0 Å². The van der Waals surface area contributed by atoms with Crippen LogP contribution in [0.4, 0.5) is 0 Å². The van der Waals surface area contributed by atoms with E-state index in [9.17, 15) is 0 Å². The quantitative estimate of drug-likeness (QED) is 0.521. The summed E-state index contributed by atoms with van der Waals surface area (Å²) in [6, 6.07) is 0. The van der Waals surface area contributed by atoms with Crippen LogP contribution in [-0.2, 0) is 13.6 Å². The lowest BCUT2D eigenvalue weighted by Crippen LogP contribution is -2.14. The van der Waals surface area contributed by atoms with E-state index in [1.165, 1.54) is 0 Å². The molecule has 0 aliphatic heterocycles. The Bertz CT molecular complexity index is 284. The monoisotopic (exact) mass is 178 g/mol. The summed E-state index contributed by atoms with van der Waals surface area (Å²) < 4.78 is 1.69. The van der Waals surface area contributed by atoms with Crippen molar-refractivity contribution in [1.29, 1.82) is 0 Å². The number of hydrogen-bond donors (Lipinski definition) is 1. The van der Waals surface area contributed by atoms with Gasteiger partial charge in [0.2, 0.25) is 0 Å². The Morgan fingerprint density at radius 1 is 1.69 bits per heavy atom. The molecule has 1 rings (SSSR count). The maximum absolute atomic E-state index is 5.12. The summed E-state index contributed by atoms with van der Waals surface area (Å²) in [6.07, 6.45) is 8.86. The lowest BCUT2D eigenvalue weighted by molar-refractivity contribution is 0.647. The minimum Gasteiger partial charge on any atom is -0.311 e. The van der Waals surface area contributed by atoms with Gasteiger partial charge in [-0.2, -0.15) is 0 Å². The van der Waals surface area contributed by atoms with E-state index in [1.807, 2.05) is 13.2 Å². The molecule has 70 valence electrons. The molecular formula is C9H14N4. The van der Waals surface area contributed by atoms with Crippen molar-refractivity contribution in [2.45, 2.75) is 19.4 Å². The van der Waals surface area contributed by atoms with Crippen molar-refractivity contribution in [3.63, 3.8) is 0 Å². The SMILES string of the molecule is C#CCCCNCc1cn(C)nn1. The fourth-order valence-corrected chi connectivity index (χ4v) is 1.01. The Hall–Kier alpha value is -1.34. The molecule has 1 aromatic rings. The molecule has 0 spiro atoms. The van der Waals surface area contributed by atoms with Crippen LogP contribution in [0, 0.1) is 12.3 Å². The van der Waals surface area contributed by atoms with Crippen LogP contribution in [-0.4, -0.2) is 21.5 Å². The molecule has 0 atom stereocenters. The number of nitrogens with zero attached hydrogens (tertiary/aromatic N) is 3. The first-order chi connectivity index (χ1) is 6.33. The topological polar surface area (TPSA) is 42.7 Å². The van der Waals surface area contributed by atoms with E-state index in [2.05, 4.69) is 21.5 Å². The largest absolute Gasteiger partial charge is 0.311 e. The van der Waals surface area contributed by atoms with Gasteiger partial charge in [-0.15, -0.1) is 17.4 Å². The van der Waals surface area contributed by atoms with Crippen LogP contribution in [0.25, 0.3) is 0 Å². The van der Waals surface area contributed by atoms with Gasteiger partial charge in [-0.1, -0.05) is 5.21 Å². The Kier molecular flexibility index (Phi) is 4.00. The highest BCUT2D eigenvalue weighted by atomic mass is 15.4. The van der Waals surface area contributed by atoms with Gasteiger partial charge in [-0.05, 0) is 13.0 Å². The van der Waals surface area contributed by atoms with Crippen molar-refractivity contribution >= 4 is 0 Å². The zero-order chi connectivity index (χ0) is 9.52. The summed E-state index contributed by atoms with van der Waals surface area (Å²) in [5.41, 5.74) is 0.961. The molecule has 0 unspecified atom stereocenters. The molecule has 0 saturated heterocycles. The molecule has 0 aliphatic carbocycles. The standard InChI is InChI=1S/C9H14N4/c1-3-4-5-6-10-7-9-8-13(2)12-11-9/h1,8,10H,4-7H2,2H3. The van der Waals surface area contributed by atoms with E-state index in [4.69, 9.17) is 6.42 Å². The van der Waals surface area contributed by atoms with Gasteiger partial charge in [-0.3, -0.25) is 4.68 Å². The lowest BCUT2D eigenvalue weighted by Gasteiger charge is -1.98. The number of hydrogen-bond acceptors (Lipinski definition) is 3. The Morgan fingerprint density at radius 2 is 2.54 bits per heavy atom. The Morgan fingerprint density at radius 3 is 3.15 bits per heavy atom. The molecule has 13 heavy (non-hydrogen) atoms. The molecule has 0 fully saturated rings. The van der Waals surface area contributed by atoms with Gasteiger partial charge in [-0.25, -0.2) is 0 Å². The van der Waals surface area contributed by atoms with Crippen LogP contribution in [0.15, 0.2) is 6.20 Å². The Balaban J connectivity index is 2.10. The lowest BCUT2D eigenvalue weighted by atomic mass is 10.3. The molecule has 4 nitrogen and oxygen atoms in total. The zero-order valence-electron chi connectivity index (χ0n) is 7.82. The first kappa shape index (κ1) is 9.75. The predicted octanol–water partition coefficient (Wildman–Crippen LogP) is 0.318. The number of terminal acetylenes is 1. The van der Waals surface area contributed by atoms with E-state index < -0.39 is 0 Å². The van der Waals surface area contributed by atoms with Crippen LogP contribution >= 0.6 is 0 Å². The molecule has 0 radical (unpaired) electrons. The molecule has 0 amide bonds. The summed E-state index contributed by atoms with van der Waals surface area (Å²) in [4.78, 5) is 0. The highest BCUT2D eigenvalue weighted by molar-refractivity contribution is 4.90. The average Bonchev–Trinajstić information content (AvgIpc) is 2.51. The fraction of sp³-hybridized carbons (Fsp3) is 0.556. The third-order valence-corrected chi connectivity index (χ3v) is 1.63. The third-order valence-electron chi connectivity index (χ3n) is 1.63. The van der Waals surface area contributed by atoms with Crippen molar-refractivity contribution in [2.24, 2.45) is 7.05 Å². The second-order valence-electron chi connectivity index (χ2n) is 2.87. The normalized spacial score (nSPS) is 9.85. The van der Waals surface area contributed by atoms with Gasteiger partial charge >= 0.3 is 0 Å². The minimum atomic E-state index is 0.762. The van der Waals surface area contributed by atoms with E-state index in [0.29, 0.717) is 0 Å². The second-order valence-corrected chi connectivity index (χ2v) is 2.87. The smallest absolute Gasteiger partial charge is 0.0964 e. The minimum absolute atomic E-state index is 0.762. The third kappa shape index (κ3) is 3.72. The first-order valence-corrected chi connectivity index (χ1v) is 4.32. The summed E-state index contributed by atoms with van der Waals surface area (Å²) in [5, 5.41) is 11.0. The van der Waals surface area contributed by atoms with E-state index >= 15 is 0 Å². The van der Waals surface area contributed by atoms with Crippen molar-refractivity contribution in [2.75, 3.05) is 6.54 Å². The molecule has 0 bridgehead atoms. The summed E-state index contributed by atoms with van der Waals surface area (Å²) in [5.74, 6) is 2.60. The molecule has 0 saturated carbocycles. The number of aromatic nitrogens is 3. The highest BCUT2D eigenvalue weighted by Crippen LogP contribution is 1.90. The molecule has 4 heteroatoms. The first-order valence-electron chi connectivity index (χ1n) is 4.32. The number of unbranched alkanes of at least 4 members (excludes halogenated alkanes) is 1. The van der Waals surface area contributed by atoms with Gasteiger partial charge in [0.1, 0.15) is 0 Å². The van der Waals surface area contributed by atoms with Crippen LogP contribution in [0.1, 0.15) is 18.5 Å². The van der Waals surface area contributed by atoms with E-state index in [0.717, 1.165) is 31.6 Å². The predicted molar refractivity (Wildman–Crippen MR) is 50.8 cm³/mol. The van der Waals surface area contributed by atoms with Gasteiger partial charge in [0, 0.05) is 26.2 Å². The van der Waals surface area contributed by atoms with E-state index in [-0.39, 0.29) is 0 Å². The number of nitrogens with one attached hydrogen (secondary N) is 1. The van der Waals surface area contributed by atoms with Crippen molar-refractivity contribution < 1.29 is 0 Å².